The van der Waals surface area contributed by atoms with Gasteiger partial charge in [0, 0.05) is 18.3 Å². The molecule has 0 atom stereocenters. The van der Waals surface area contributed by atoms with Crippen LogP contribution in [0.4, 0.5) is 5.69 Å². The zero-order chi connectivity index (χ0) is 17.0. The van der Waals surface area contributed by atoms with Gasteiger partial charge in [0.15, 0.2) is 5.82 Å². The van der Waals surface area contributed by atoms with Crippen molar-refractivity contribution < 1.29 is 8.42 Å². The first-order valence-electron chi connectivity index (χ1n) is 7.12. The summed E-state index contributed by atoms with van der Waals surface area (Å²) in [5, 5.41) is 12.4. The minimum Gasteiger partial charge on any atom is -0.280 e. The van der Waals surface area contributed by atoms with Crippen LogP contribution >= 0.6 is 0 Å². The lowest BCUT2D eigenvalue weighted by Crippen LogP contribution is -2.09. The molecule has 0 fully saturated rings. The molecule has 7 nitrogen and oxygen atoms in total. The van der Waals surface area contributed by atoms with Gasteiger partial charge in [0.25, 0.3) is 10.0 Å². The normalized spacial score (nSPS) is 11.7. The Balaban J connectivity index is 1.80. The summed E-state index contributed by atoms with van der Waals surface area (Å²) >= 11 is 0. The minimum absolute atomic E-state index is 0.438. The molecule has 0 aliphatic rings. The van der Waals surface area contributed by atoms with Crippen molar-refractivity contribution in [3.63, 3.8) is 0 Å². The van der Waals surface area contributed by atoms with Gasteiger partial charge in [-0.3, -0.25) is 4.72 Å². The number of nitrogens with one attached hydrogen (secondary N) is 1. The number of hydrogen-bond acceptors (Lipinski definition) is 5. The summed E-state index contributed by atoms with van der Waals surface area (Å²) in [4.78, 5) is 0. The Morgan fingerprint density at radius 3 is 2.58 bits per heavy atom. The van der Waals surface area contributed by atoms with Gasteiger partial charge in [-0.2, -0.15) is 0 Å². The summed E-state index contributed by atoms with van der Waals surface area (Å²) in [6.45, 7) is 0. The molecule has 0 unspecified atom stereocenters. The second-order valence-electron chi connectivity index (χ2n) is 5.07. The molecular formula is C16H15N5O2S. The van der Waals surface area contributed by atoms with Gasteiger partial charge in [0.1, 0.15) is 0 Å². The van der Waals surface area contributed by atoms with Crippen molar-refractivity contribution in [1.29, 1.82) is 0 Å². The van der Waals surface area contributed by atoms with Crippen LogP contribution < -0.4 is 4.72 Å². The van der Waals surface area contributed by atoms with Crippen LogP contribution in [0.5, 0.6) is 0 Å². The van der Waals surface area contributed by atoms with Crippen LogP contribution in [0.25, 0.3) is 17.5 Å². The monoisotopic (exact) mass is 341 g/mol. The molecule has 0 aliphatic heterocycles. The fourth-order valence-corrected chi connectivity index (χ4v) is 2.99. The van der Waals surface area contributed by atoms with Gasteiger partial charge >= 0.3 is 0 Å². The van der Waals surface area contributed by atoms with Crippen molar-refractivity contribution in [3.05, 3.63) is 65.6 Å². The highest BCUT2D eigenvalue weighted by atomic mass is 32.2. The van der Waals surface area contributed by atoms with Gasteiger partial charge in [-0.15, -0.1) is 5.10 Å². The van der Waals surface area contributed by atoms with Gasteiger partial charge in [-0.05, 0) is 34.2 Å². The topological polar surface area (TPSA) is 89.8 Å². The molecule has 122 valence electrons. The van der Waals surface area contributed by atoms with Crippen molar-refractivity contribution in [2.45, 2.75) is 0 Å². The largest absolute Gasteiger partial charge is 0.280 e. The summed E-state index contributed by atoms with van der Waals surface area (Å²) in [7, 11) is -1.90. The lowest BCUT2D eigenvalue weighted by Gasteiger charge is -2.06. The Hall–Kier alpha value is -3.00. The Labute approximate surface area is 139 Å². The summed E-state index contributed by atoms with van der Waals surface area (Å²) in [6, 6.07) is 16.1. The molecule has 3 rings (SSSR count). The highest BCUT2D eigenvalue weighted by Gasteiger charge is 2.09. The number of anilines is 1. The lowest BCUT2D eigenvalue weighted by molar-refractivity contribution is 0.609. The van der Waals surface area contributed by atoms with Crippen LogP contribution in [-0.2, 0) is 17.1 Å². The molecule has 0 radical (unpaired) electrons. The molecule has 0 bridgehead atoms. The maximum atomic E-state index is 12.2. The van der Waals surface area contributed by atoms with E-state index in [0.29, 0.717) is 11.5 Å². The average Bonchev–Trinajstić information content (AvgIpc) is 3.00. The average molecular weight is 341 g/mol. The fraction of sp³-hybridized carbons (Fsp3) is 0.0625. The van der Waals surface area contributed by atoms with Gasteiger partial charge in [-0.1, -0.05) is 42.5 Å². The summed E-state index contributed by atoms with van der Waals surface area (Å²) in [5.74, 6) is 0.552. The zero-order valence-electron chi connectivity index (χ0n) is 12.9. The van der Waals surface area contributed by atoms with E-state index in [-0.39, 0.29) is 0 Å². The number of benzene rings is 2. The SMILES string of the molecule is Cn1nnnc1-c1cccc(NS(=O)(=O)/C=C/c2ccccc2)c1. The van der Waals surface area contributed by atoms with E-state index in [0.717, 1.165) is 16.5 Å². The Bertz CT molecular complexity index is 965. The third-order valence-corrected chi connectivity index (χ3v) is 4.25. The van der Waals surface area contributed by atoms with E-state index in [2.05, 4.69) is 20.2 Å². The van der Waals surface area contributed by atoms with Gasteiger partial charge in [0.05, 0.1) is 5.41 Å². The highest BCUT2D eigenvalue weighted by molar-refractivity contribution is 7.95. The maximum Gasteiger partial charge on any atom is 0.255 e. The van der Waals surface area contributed by atoms with E-state index in [4.69, 9.17) is 0 Å². The second-order valence-corrected chi connectivity index (χ2v) is 6.63. The third-order valence-electron chi connectivity index (χ3n) is 3.24. The molecule has 8 heteroatoms. The van der Waals surface area contributed by atoms with E-state index in [9.17, 15) is 8.42 Å². The molecular weight excluding hydrogens is 326 g/mol. The molecule has 0 saturated heterocycles. The first-order valence-corrected chi connectivity index (χ1v) is 8.67. The minimum atomic E-state index is -3.62. The third kappa shape index (κ3) is 3.85. The van der Waals surface area contributed by atoms with Crippen LogP contribution in [0.15, 0.2) is 60.0 Å². The van der Waals surface area contributed by atoms with Crippen LogP contribution in [0.3, 0.4) is 0 Å². The summed E-state index contributed by atoms with van der Waals surface area (Å²) in [6.07, 6.45) is 1.54. The van der Waals surface area contributed by atoms with E-state index in [1.807, 2.05) is 36.4 Å². The van der Waals surface area contributed by atoms with Crippen LogP contribution in [0.2, 0.25) is 0 Å². The van der Waals surface area contributed by atoms with Crippen molar-refractivity contribution in [2.75, 3.05) is 4.72 Å². The maximum absolute atomic E-state index is 12.2. The van der Waals surface area contributed by atoms with E-state index < -0.39 is 10.0 Å². The number of nitrogens with zero attached hydrogens (tertiary/aromatic N) is 4. The van der Waals surface area contributed by atoms with Crippen LogP contribution in [0.1, 0.15) is 5.56 Å². The van der Waals surface area contributed by atoms with Crippen LogP contribution in [0, 0.1) is 0 Å². The predicted molar refractivity (Wildman–Crippen MR) is 92.3 cm³/mol. The first-order chi connectivity index (χ1) is 11.5. The molecule has 1 N–H and O–H groups in total. The number of hydrogen-bond donors (Lipinski definition) is 1. The fourth-order valence-electron chi connectivity index (χ4n) is 2.13. The van der Waals surface area contributed by atoms with Gasteiger partial charge in [0.2, 0.25) is 0 Å². The molecule has 3 aromatic rings. The van der Waals surface area contributed by atoms with Crippen molar-refractivity contribution >= 4 is 21.8 Å². The van der Waals surface area contributed by atoms with E-state index in [1.165, 1.54) is 4.68 Å². The molecule has 1 aromatic heterocycles. The first kappa shape index (κ1) is 15.9. The number of tetrazole rings is 1. The van der Waals surface area contributed by atoms with Gasteiger partial charge < -0.3 is 0 Å². The molecule has 0 aliphatic carbocycles. The molecule has 1 heterocycles. The Morgan fingerprint density at radius 2 is 1.88 bits per heavy atom. The number of sulfonamides is 1. The van der Waals surface area contributed by atoms with Gasteiger partial charge in [-0.25, -0.2) is 13.1 Å². The molecule has 24 heavy (non-hydrogen) atoms. The zero-order valence-corrected chi connectivity index (χ0v) is 13.7. The van der Waals surface area contributed by atoms with E-state index >= 15 is 0 Å². The molecule has 0 amide bonds. The molecule has 2 aromatic carbocycles. The number of aromatic nitrogens is 4. The highest BCUT2D eigenvalue weighted by Crippen LogP contribution is 2.20. The number of aryl methyl sites for hydroxylation is 1. The standard InChI is InChI=1S/C16H15N5O2S/c1-21-16(17-19-20-21)14-8-5-9-15(12-14)18-24(22,23)11-10-13-6-3-2-4-7-13/h2-12,18H,1H3/b11-10+. The lowest BCUT2D eigenvalue weighted by atomic mass is 10.2. The van der Waals surface area contributed by atoms with Crippen molar-refractivity contribution in [3.8, 4) is 11.4 Å². The Kier molecular flexibility index (Phi) is 4.39. The Morgan fingerprint density at radius 1 is 1.08 bits per heavy atom. The van der Waals surface area contributed by atoms with E-state index in [1.54, 1.807) is 31.3 Å². The molecule has 0 spiro atoms. The van der Waals surface area contributed by atoms with Crippen molar-refractivity contribution in [1.82, 2.24) is 20.2 Å². The van der Waals surface area contributed by atoms with Crippen LogP contribution in [-0.4, -0.2) is 28.6 Å². The quantitative estimate of drug-likeness (QED) is 0.769. The molecule has 0 saturated carbocycles. The smallest absolute Gasteiger partial charge is 0.255 e. The second kappa shape index (κ2) is 6.63. The van der Waals surface area contributed by atoms with Crippen molar-refractivity contribution in [2.24, 2.45) is 7.05 Å². The summed E-state index contributed by atoms with van der Waals surface area (Å²) in [5.41, 5.74) is 1.96. The predicted octanol–water partition coefficient (Wildman–Crippen LogP) is 2.29. The number of rotatable bonds is 5. The summed E-state index contributed by atoms with van der Waals surface area (Å²) < 4.78 is 28.4.